The summed E-state index contributed by atoms with van der Waals surface area (Å²) < 4.78 is 12.3. The molecule has 0 amide bonds. The van der Waals surface area contributed by atoms with E-state index in [-0.39, 0.29) is 18.3 Å². The number of likely N-dealkylation sites (N-methyl/N-ethyl adjacent to an activating group) is 1. The zero-order valence-electron chi connectivity index (χ0n) is 14.3. The van der Waals surface area contributed by atoms with Crippen LogP contribution in [0.2, 0.25) is 0 Å². The fraction of sp³-hybridized carbons (Fsp3) is 0.500. The maximum absolute atomic E-state index is 6.14. The third kappa shape index (κ3) is 3.25. The lowest BCUT2D eigenvalue weighted by molar-refractivity contribution is 0.00578. The molecule has 0 radical (unpaired) electrons. The highest BCUT2D eigenvalue weighted by molar-refractivity contribution is 6.55. The second kappa shape index (κ2) is 5.65. The van der Waals surface area contributed by atoms with Crippen molar-refractivity contribution in [2.75, 3.05) is 18.9 Å². The minimum absolute atomic E-state index is 0.345. The summed E-state index contributed by atoms with van der Waals surface area (Å²) >= 11 is 0. The molecule has 3 heterocycles. The van der Waals surface area contributed by atoms with Gasteiger partial charge in [0.05, 0.1) is 17.7 Å². The van der Waals surface area contributed by atoms with Crippen molar-refractivity contribution in [3.63, 3.8) is 0 Å². The van der Waals surface area contributed by atoms with Crippen LogP contribution in [0.3, 0.4) is 0 Å². The third-order valence-electron chi connectivity index (χ3n) is 4.53. The van der Waals surface area contributed by atoms with Gasteiger partial charge in [0, 0.05) is 24.4 Å². The molecule has 0 saturated carbocycles. The Labute approximate surface area is 137 Å². The molecule has 0 spiro atoms. The van der Waals surface area contributed by atoms with Crippen LogP contribution < -0.4 is 5.32 Å². The van der Waals surface area contributed by atoms with Crippen molar-refractivity contribution in [2.24, 2.45) is 0 Å². The highest BCUT2D eigenvalue weighted by Gasteiger charge is 2.52. The smallest absolute Gasteiger partial charge is 0.399 e. The van der Waals surface area contributed by atoms with E-state index in [2.05, 4.69) is 60.2 Å². The number of nitrogens with one attached hydrogen (secondary N) is 1. The van der Waals surface area contributed by atoms with E-state index in [1.54, 1.807) is 6.20 Å². The highest BCUT2D eigenvalue weighted by Crippen LogP contribution is 2.39. The van der Waals surface area contributed by atoms with Crippen molar-refractivity contribution in [2.45, 2.75) is 38.9 Å². The molecule has 122 valence electrons. The number of aromatic nitrogens is 2. The Bertz CT molecular complexity index is 627. The molecule has 0 atom stereocenters. The fourth-order valence-electron chi connectivity index (χ4n) is 2.57. The summed E-state index contributed by atoms with van der Waals surface area (Å²) in [6, 6.07) is 1.84. The fourth-order valence-corrected chi connectivity index (χ4v) is 2.57. The molecule has 3 rings (SSSR count). The van der Waals surface area contributed by atoms with Crippen LogP contribution in [0.4, 0.5) is 5.82 Å². The van der Waals surface area contributed by atoms with E-state index in [1.807, 2.05) is 13.1 Å². The van der Waals surface area contributed by atoms with E-state index < -0.39 is 0 Å². The standard InChI is InChI=1S/C16H23BN4O2/c1-15(2)16(3,4)23-17(22-15)12-8-13(10-21(5)9-12)20-14-6-7-18-11-19-14/h6-9,11H,10H2,1-5H3,(H,18,19,20). The zero-order chi connectivity index (χ0) is 16.7. The first kappa shape index (κ1) is 16.0. The molecule has 7 heteroatoms. The van der Waals surface area contributed by atoms with Crippen LogP contribution in [-0.4, -0.2) is 46.8 Å². The Balaban J connectivity index is 1.80. The van der Waals surface area contributed by atoms with Crippen molar-refractivity contribution in [1.82, 2.24) is 14.9 Å². The number of hydrogen-bond acceptors (Lipinski definition) is 6. The molecule has 0 aliphatic carbocycles. The van der Waals surface area contributed by atoms with E-state index in [1.165, 1.54) is 6.33 Å². The van der Waals surface area contributed by atoms with Gasteiger partial charge in [-0.2, -0.15) is 0 Å². The van der Waals surface area contributed by atoms with E-state index in [4.69, 9.17) is 9.31 Å². The van der Waals surface area contributed by atoms with Crippen LogP contribution in [0.25, 0.3) is 0 Å². The molecular formula is C16H23BN4O2. The van der Waals surface area contributed by atoms with Gasteiger partial charge in [0.2, 0.25) is 0 Å². The molecule has 0 bridgehead atoms. The molecule has 0 aromatic carbocycles. The van der Waals surface area contributed by atoms with Crippen molar-refractivity contribution in [3.8, 4) is 0 Å². The van der Waals surface area contributed by atoms with Gasteiger partial charge in [-0.15, -0.1) is 0 Å². The quantitative estimate of drug-likeness (QED) is 0.864. The van der Waals surface area contributed by atoms with Crippen LogP contribution in [0.5, 0.6) is 0 Å². The van der Waals surface area contributed by atoms with Gasteiger partial charge in [-0.3, -0.25) is 0 Å². The maximum Gasteiger partial charge on any atom is 0.496 e. The predicted octanol–water partition coefficient (Wildman–Crippen LogP) is 2.23. The molecule has 1 N–H and O–H groups in total. The van der Waals surface area contributed by atoms with Crippen LogP contribution in [0.15, 0.2) is 42.0 Å². The lowest BCUT2D eigenvalue weighted by atomic mass is 9.77. The molecule has 1 saturated heterocycles. The van der Waals surface area contributed by atoms with Crippen LogP contribution in [0, 0.1) is 0 Å². The average molecular weight is 314 g/mol. The first-order valence-corrected chi connectivity index (χ1v) is 7.78. The number of rotatable bonds is 3. The van der Waals surface area contributed by atoms with E-state index >= 15 is 0 Å². The number of anilines is 1. The van der Waals surface area contributed by atoms with Crippen molar-refractivity contribution in [3.05, 3.63) is 42.0 Å². The summed E-state index contributed by atoms with van der Waals surface area (Å²) in [6.45, 7) is 9.01. The minimum Gasteiger partial charge on any atom is -0.399 e. The predicted molar refractivity (Wildman–Crippen MR) is 90.5 cm³/mol. The normalized spacial score (nSPS) is 22.7. The van der Waals surface area contributed by atoms with E-state index in [0.29, 0.717) is 0 Å². The second-order valence-electron chi connectivity index (χ2n) is 7.02. The van der Waals surface area contributed by atoms with Gasteiger partial charge in [0.1, 0.15) is 12.1 Å². The van der Waals surface area contributed by atoms with Gasteiger partial charge in [-0.1, -0.05) is 0 Å². The summed E-state index contributed by atoms with van der Waals surface area (Å²) in [5.41, 5.74) is 1.35. The Hall–Kier alpha value is -1.86. The minimum atomic E-state index is -0.370. The monoisotopic (exact) mass is 314 g/mol. The number of hydrogen-bond donors (Lipinski definition) is 1. The Morgan fingerprint density at radius 2 is 1.91 bits per heavy atom. The van der Waals surface area contributed by atoms with Crippen LogP contribution >= 0.6 is 0 Å². The molecule has 1 aromatic heterocycles. The van der Waals surface area contributed by atoms with Crippen molar-refractivity contribution in [1.29, 1.82) is 0 Å². The average Bonchev–Trinajstić information content (AvgIpc) is 2.68. The summed E-state index contributed by atoms with van der Waals surface area (Å²) in [5, 5.41) is 3.32. The van der Waals surface area contributed by atoms with Crippen molar-refractivity contribution >= 4 is 12.9 Å². The first-order valence-electron chi connectivity index (χ1n) is 7.78. The highest BCUT2D eigenvalue weighted by atomic mass is 16.7. The van der Waals surface area contributed by atoms with Gasteiger partial charge in [0.15, 0.2) is 0 Å². The lowest BCUT2D eigenvalue weighted by Gasteiger charge is -2.32. The molecule has 0 unspecified atom stereocenters. The summed E-state index contributed by atoms with van der Waals surface area (Å²) in [6.07, 6.45) is 7.38. The first-order chi connectivity index (χ1) is 10.8. The molecule has 6 nitrogen and oxygen atoms in total. The van der Waals surface area contributed by atoms with Gasteiger partial charge in [-0.25, -0.2) is 9.97 Å². The van der Waals surface area contributed by atoms with Gasteiger partial charge in [-0.05, 0) is 46.0 Å². The largest absolute Gasteiger partial charge is 0.496 e. The molecule has 2 aliphatic heterocycles. The zero-order valence-corrected chi connectivity index (χ0v) is 14.3. The van der Waals surface area contributed by atoms with Crippen molar-refractivity contribution < 1.29 is 9.31 Å². The molecule has 2 aliphatic rings. The summed E-state index contributed by atoms with van der Waals surface area (Å²) in [4.78, 5) is 10.2. The van der Waals surface area contributed by atoms with E-state index in [0.717, 1.165) is 23.5 Å². The molecule has 1 fully saturated rings. The van der Waals surface area contributed by atoms with Gasteiger partial charge < -0.3 is 19.5 Å². The van der Waals surface area contributed by atoms with E-state index in [9.17, 15) is 0 Å². The van der Waals surface area contributed by atoms with Crippen LogP contribution in [0.1, 0.15) is 27.7 Å². The van der Waals surface area contributed by atoms with Gasteiger partial charge in [0.25, 0.3) is 0 Å². The Morgan fingerprint density at radius 3 is 2.52 bits per heavy atom. The number of nitrogens with zero attached hydrogens (tertiary/aromatic N) is 3. The third-order valence-corrected chi connectivity index (χ3v) is 4.53. The molecular weight excluding hydrogens is 291 g/mol. The topological polar surface area (TPSA) is 59.5 Å². The lowest BCUT2D eigenvalue weighted by Crippen LogP contribution is -2.41. The second-order valence-corrected chi connectivity index (χ2v) is 7.02. The Morgan fingerprint density at radius 1 is 1.22 bits per heavy atom. The maximum atomic E-state index is 6.14. The van der Waals surface area contributed by atoms with Gasteiger partial charge >= 0.3 is 7.12 Å². The SMILES string of the molecule is CN1C=C(B2OC(C)(C)C(C)(C)O2)C=C(Nc2ccncn2)C1. The summed E-state index contributed by atoms with van der Waals surface area (Å²) in [7, 11) is 1.66. The molecule has 1 aromatic rings. The number of allylic oxidation sites excluding steroid dienone is 2. The van der Waals surface area contributed by atoms with Crippen LogP contribution in [-0.2, 0) is 9.31 Å². The summed E-state index contributed by atoms with van der Waals surface area (Å²) in [5.74, 6) is 0.773. The molecule has 23 heavy (non-hydrogen) atoms. The Kier molecular flexibility index (Phi) is 3.94.